The molecule has 0 heterocycles. The number of hydrogen-bond acceptors (Lipinski definition) is 6. The van der Waals surface area contributed by atoms with Crippen LogP contribution in [0.4, 0.5) is 0 Å². The molecule has 0 aliphatic heterocycles. The molecule has 0 saturated heterocycles. The van der Waals surface area contributed by atoms with Crippen molar-refractivity contribution in [2.45, 2.75) is 431 Å². The third kappa shape index (κ3) is 68.7. The molecule has 0 aromatic rings. The second kappa shape index (κ2) is 71.4. The Morgan fingerprint density at radius 3 is 0.610 bits per heavy atom. The van der Waals surface area contributed by atoms with Gasteiger partial charge in [-0.25, -0.2) is 0 Å². The van der Waals surface area contributed by atoms with Gasteiger partial charge in [-0.05, 0) is 70.6 Å². The lowest BCUT2D eigenvalue weighted by molar-refractivity contribution is -0.167. The first-order valence-electron chi connectivity index (χ1n) is 37.3. The minimum Gasteiger partial charge on any atom is -0.462 e. The lowest BCUT2D eigenvalue weighted by Gasteiger charge is -2.18. The molecular weight excluding hydrogens is 1010 g/mol. The highest BCUT2D eigenvalue weighted by atomic mass is 16.6. The van der Waals surface area contributed by atoms with Gasteiger partial charge in [0.25, 0.3) is 0 Å². The molecule has 0 N–H and O–H groups in total. The van der Waals surface area contributed by atoms with Crippen LogP contribution in [0.3, 0.4) is 0 Å². The van der Waals surface area contributed by atoms with E-state index >= 15 is 0 Å². The summed E-state index contributed by atoms with van der Waals surface area (Å²) in [7, 11) is 0. The van der Waals surface area contributed by atoms with Crippen LogP contribution in [0, 0.1) is 0 Å². The maximum atomic E-state index is 12.9. The number of hydrogen-bond donors (Lipinski definition) is 0. The lowest BCUT2D eigenvalue weighted by atomic mass is 10.0. The van der Waals surface area contributed by atoms with Crippen molar-refractivity contribution in [1.82, 2.24) is 0 Å². The molecule has 0 saturated carbocycles. The van der Waals surface area contributed by atoms with Crippen LogP contribution >= 0.6 is 0 Å². The Morgan fingerprint density at radius 2 is 0.402 bits per heavy atom. The van der Waals surface area contributed by atoms with Gasteiger partial charge in [-0.1, -0.05) is 360 Å². The van der Waals surface area contributed by atoms with Crippen LogP contribution in [0.2, 0.25) is 0 Å². The topological polar surface area (TPSA) is 78.9 Å². The number of allylic oxidation sites excluding steroid dienone is 4. The van der Waals surface area contributed by atoms with Crippen LogP contribution < -0.4 is 0 Å². The maximum Gasteiger partial charge on any atom is 0.306 e. The van der Waals surface area contributed by atoms with Crippen LogP contribution in [-0.2, 0) is 28.6 Å². The summed E-state index contributed by atoms with van der Waals surface area (Å²) in [6.07, 6.45) is 88.2. The molecule has 0 bridgehead atoms. The first-order chi connectivity index (χ1) is 40.5. The Morgan fingerprint density at radius 1 is 0.232 bits per heavy atom. The Kier molecular flexibility index (Phi) is 69.5. The van der Waals surface area contributed by atoms with Crippen LogP contribution in [-0.4, -0.2) is 37.2 Å². The van der Waals surface area contributed by atoms with Crippen molar-refractivity contribution in [2.75, 3.05) is 13.2 Å². The molecule has 0 aromatic heterocycles. The van der Waals surface area contributed by atoms with Gasteiger partial charge in [0.2, 0.25) is 0 Å². The monoisotopic (exact) mass is 1150 g/mol. The molecule has 0 spiro atoms. The highest BCUT2D eigenvalue weighted by molar-refractivity contribution is 5.71. The van der Waals surface area contributed by atoms with E-state index in [2.05, 4.69) is 45.1 Å². The number of rotatable bonds is 70. The second-order valence-electron chi connectivity index (χ2n) is 25.6. The van der Waals surface area contributed by atoms with E-state index in [1.807, 2.05) is 0 Å². The molecular formula is C76H144O6. The number of esters is 3. The van der Waals surface area contributed by atoms with Crippen molar-refractivity contribution in [1.29, 1.82) is 0 Å². The van der Waals surface area contributed by atoms with Gasteiger partial charge in [0.15, 0.2) is 6.10 Å². The fourth-order valence-electron chi connectivity index (χ4n) is 11.6. The van der Waals surface area contributed by atoms with Crippen molar-refractivity contribution >= 4 is 17.9 Å². The quantitative estimate of drug-likeness (QED) is 0.0261. The van der Waals surface area contributed by atoms with Crippen LogP contribution in [0.5, 0.6) is 0 Å². The predicted molar refractivity (Wildman–Crippen MR) is 358 cm³/mol. The molecule has 484 valence electrons. The molecule has 0 aliphatic carbocycles. The van der Waals surface area contributed by atoms with E-state index in [-0.39, 0.29) is 31.1 Å². The van der Waals surface area contributed by atoms with Crippen molar-refractivity contribution < 1.29 is 28.6 Å². The maximum absolute atomic E-state index is 12.9. The van der Waals surface area contributed by atoms with Gasteiger partial charge < -0.3 is 14.2 Å². The molecule has 0 rings (SSSR count). The van der Waals surface area contributed by atoms with Crippen LogP contribution in [0.15, 0.2) is 24.3 Å². The Balaban J connectivity index is 4.04. The molecule has 0 fully saturated rings. The highest BCUT2D eigenvalue weighted by Crippen LogP contribution is 2.19. The fourth-order valence-corrected chi connectivity index (χ4v) is 11.6. The zero-order valence-corrected chi connectivity index (χ0v) is 55.8. The largest absolute Gasteiger partial charge is 0.462 e. The third-order valence-corrected chi connectivity index (χ3v) is 17.2. The summed E-state index contributed by atoms with van der Waals surface area (Å²) in [5, 5.41) is 0. The van der Waals surface area contributed by atoms with Gasteiger partial charge in [0.05, 0.1) is 0 Å². The van der Waals surface area contributed by atoms with E-state index < -0.39 is 6.10 Å². The van der Waals surface area contributed by atoms with Gasteiger partial charge in [-0.15, -0.1) is 0 Å². The summed E-state index contributed by atoms with van der Waals surface area (Å²) in [5.74, 6) is -0.861. The molecule has 6 nitrogen and oxygen atoms in total. The van der Waals surface area contributed by atoms with E-state index in [1.165, 1.54) is 315 Å². The molecule has 1 unspecified atom stereocenters. The molecule has 1 atom stereocenters. The van der Waals surface area contributed by atoms with Crippen molar-refractivity contribution in [3.63, 3.8) is 0 Å². The van der Waals surface area contributed by atoms with E-state index in [9.17, 15) is 14.4 Å². The van der Waals surface area contributed by atoms with Gasteiger partial charge in [0.1, 0.15) is 13.2 Å². The molecule has 0 aliphatic rings. The summed E-state index contributed by atoms with van der Waals surface area (Å²) >= 11 is 0. The van der Waals surface area contributed by atoms with Gasteiger partial charge in [0, 0.05) is 19.3 Å². The average molecular weight is 1150 g/mol. The number of ether oxygens (including phenoxy) is 3. The van der Waals surface area contributed by atoms with E-state index in [0.717, 1.165) is 70.6 Å². The summed E-state index contributed by atoms with van der Waals surface area (Å²) in [4.78, 5) is 38.4. The van der Waals surface area contributed by atoms with Crippen molar-refractivity contribution in [3.05, 3.63) is 24.3 Å². The molecule has 6 heteroatoms. The fraction of sp³-hybridized carbons (Fsp3) is 0.908. The SMILES string of the molecule is CCCCCCC/C=C\CCCCCCCC(=O)OCC(COC(=O)CCCCCCCCCCCCCCCCCCCCCCCCCCCCCCCCCCCCC)OC(=O)CCCCCCC/C=C\CCCCCCCC. The Labute approximate surface area is 513 Å². The minimum atomic E-state index is -0.777. The lowest BCUT2D eigenvalue weighted by Crippen LogP contribution is -2.30. The number of unbranched alkanes of at least 4 members (excludes halogenated alkanes) is 55. The molecule has 0 aromatic carbocycles. The van der Waals surface area contributed by atoms with Gasteiger partial charge in [-0.3, -0.25) is 14.4 Å². The second-order valence-corrected chi connectivity index (χ2v) is 25.6. The highest BCUT2D eigenvalue weighted by Gasteiger charge is 2.20. The summed E-state index contributed by atoms with van der Waals surface area (Å²) < 4.78 is 17.0. The smallest absolute Gasteiger partial charge is 0.306 e. The predicted octanol–water partition coefficient (Wildman–Crippen LogP) is 25.7. The Hall–Kier alpha value is -2.11. The third-order valence-electron chi connectivity index (χ3n) is 17.2. The summed E-state index contributed by atoms with van der Waals surface area (Å²) in [5.41, 5.74) is 0. The first kappa shape index (κ1) is 79.9. The van der Waals surface area contributed by atoms with E-state index in [1.54, 1.807) is 0 Å². The summed E-state index contributed by atoms with van der Waals surface area (Å²) in [6, 6.07) is 0. The average Bonchev–Trinajstić information content (AvgIpc) is 3.47. The minimum absolute atomic E-state index is 0.0722. The van der Waals surface area contributed by atoms with Gasteiger partial charge >= 0.3 is 17.9 Å². The Bertz CT molecular complexity index is 1320. The number of carbonyl (C=O) groups is 3. The van der Waals surface area contributed by atoms with E-state index in [0.29, 0.717) is 19.3 Å². The standard InChI is InChI=1S/C76H144O6/c1-4-7-10-13-16-19-22-25-28-29-30-31-32-33-34-35-36-37-38-39-40-41-42-43-44-45-46-47-49-51-54-57-60-63-66-69-75(78)81-72-73(71-80-74(77)68-65-62-59-56-53-50-27-24-21-18-15-12-9-6-3)82-76(79)70-67-64-61-58-55-52-48-26-23-20-17-14-11-8-5-2/h24,26-27,48,73H,4-23,25,28-47,49-72H2,1-3H3/b27-24-,48-26-. The number of carbonyl (C=O) groups excluding carboxylic acids is 3. The molecule has 0 radical (unpaired) electrons. The summed E-state index contributed by atoms with van der Waals surface area (Å²) in [6.45, 7) is 6.69. The van der Waals surface area contributed by atoms with Crippen LogP contribution in [0.25, 0.3) is 0 Å². The normalized spacial score (nSPS) is 12.1. The van der Waals surface area contributed by atoms with E-state index in [4.69, 9.17) is 14.2 Å². The first-order valence-corrected chi connectivity index (χ1v) is 37.3. The molecule has 82 heavy (non-hydrogen) atoms. The van der Waals surface area contributed by atoms with Gasteiger partial charge in [-0.2, -0.15) is 0 Å². The zero-order chi connectivity index (χ0) is 59.2. The molecule has 0 amide bonds. The van der Waals surface area contributed by atoms with Crippen molar-refractivity contribution in [2.24, 2.45) is 0 Å². The zero-order valence-electron chi connectivity index (χ0n) is 55.8. The van der Waals surface area contributed by atoms with Crippen molar-refractivity contribution in [3.8, 4) is 0 Å². The van der Waals surface area contributed by atoms with Crippen LogP contribution in [0.1, 0.15) is 425 Å².